The van der Waals surface area contributed by atoms with Gasteiger partial charge in [0.15, 0.2) is 0 Å². The molecule has 7 heteroatoms. The number of sulfonamides is 1. The van der Waals surface area contributed by atoms with Gasteiger partial charge >= 0.3 is 0 Å². The van der Waals surface area contributed by atoms with Crippen LogP contribution in [0.25, 0.3) is 0 Å². The van der Waals surface area contributed by atoms with Gasteiger partial charge in [-0.2, -0.15) is 4.31 Å². The second-order valence-electron chi connectivity index (χ2n) is 5.35. The number of halogens is 2. The molecule has 1 saturated heterocycles. The lowest BCUT2D eigenvalue weighted by molar-refractivity contribution is -0.0412. The molecule has 0 unspecified atom stereocenters. The standard InChI is InChI=1S/C14H19F2NO3S/c1-10-8-12(20-3)13(9-11(10)2)21(18,19)17-6-4-14(15,16)5-7-17/h8-9H,4-7H2,1-3H3. The van der Waals surface area contributed by atoms with Crippen molar-refractivity contribution in [3.63, 3.8) is 0 Å². The van der Waals surface area contributed by atoms with E-state index in [0.29, 0.717) is 0 Å². The first-order valence-corrected chi connectivity index (χ1v) is 8.14. The van der Waals surface area contributed by atoms with Gasteiger partial charge < -0.3 is 4.74 Å². The monoisotopic (exact) mass is 319 g/mol. The van der Waals surface area contributed by atoms with Crippen LogP contribution in [0.3, 0.4) is 0 Å². The molecule has 1 aliphatic heterocycles. The highest BCUT2D eigenvalue weighted by atomic mass is 32.2. The molecule has 1 fully saturated rings. The fourth-order valence-corrected chi connectivity index (χ4v) is 3.98. The topological polar surface area (TPSA) is 46.6 Å². The van der Waals surface area contributed by atoms with Crippen molar-refractivity contribution in [1.29, 1.82) is 0 Å². The first-order chi connectivity index (χ1) is 9.67. The third kappa shape index (κ3) is 3.18. The molecule has 0 saturated carbocycles. The first kappa shape index (κ1) is 16.2. The SMILES string of the molecule is COc1cc(C)c(C)cc1S(=O)(=O)N1CCC(F)(F)CC1. The minimum atomic E-state index is -3.82. The Morgan fingerprint density at radius 3 is 2.19 bits per heavy atom. The van der Waals surface area contributed by atoms with Crippen LogP contribution >= 0.6 is 0 Å². The maximum Gasteiger partial charge on any atom is 0.250 e. The number of ether oxygens (including phenoxy) is 1. The van der Waals surface area contributed by atoms with Crippen LogP contribution in [0.1, 0.15) is 24.0 Å². The first-order valence-electron chi connectivity index (χ1n) is 6.70. The molecular formula is C14H19F2NO3S. The molecule has 1 heterocycles. The van der Waals surface area contributed by atoms with Gasteiger partial charge in [0.05, 0.1) is 7.11 Å². The zero-order valence-corrected chi connectivity index (χ0v) is 13.1. The molecular weight excluding hydrogens is 300 g/mol. The van der Waals surface area contributed by atoms with E-state index in [0.717, 1.165) is 15.4 Å². The van der Waals surface area contributed by atoms with Gasteiger partial charge in [0, 0.05) is 25.9 Å². The molecule has 0 N–H and O–H groups in total. The van der Waals surface area contributed by atoms with Gasteiger partial charge in [-0.25, -0.2) is 17.2 Å². The number of methoxy groups -OCH3 is 1. The van der Waals surface area contributed by atoms with E-state index in [1.165, 1.54) is 13.2 Å². The summed E-state index contributed by atoms with van der Waals surface area (Å²) < 4.78 is 57.9. The fraction of sp³-hybridized carbons (Fsp3) is 0.571. The smallest absolute Gasteiger partial charge is 0.250 e. The number of rotatable bonds is 3. The Labute approximate surface area is 123 Å². The minimum Gasteiger partial charge on any atom is -0.495 e. The summed E-state index contributed by atoms with van der Waals surface area (Å²) in [5.41, 5.74) is 1.73. The summed E-state index contributed by atoms with van der Waals surface area (Å²) in [7, 11) is -2.42. The predicted octanol–water partition coefficient (Wildman–Crippen LogP) is 2.73. The van der Waals surface area contributed by atoms with Crippen LogP contribution < -0.4 is 4.74 Å². The van der Waals surface area contributed by atoms with E-state index < -0.39 is 28.8 Å². The summed E-state index contributed by atoms with van der Waals surface area (Å²) >= 11 is 0. The summed E-state index contributed by atoms with van der Waals surface area (Å²) in [5.74, 6) is -2.53. The molecule has 0 aromatic heterocycles. The summed E-state index contributed by atoms with van der Waals surface area (Å²) in [6, 6.07) is 3.19. The molecule has 1 aliphatic rings. The third-order valence-corrected chi connectivity index (χ3v) is 5.77. The van der Waals surface area contributed by atoms with Crippen molar-refractivity contribution in [2.45, 2.75) is 37.5 Å². The second-order valence-corrected chi connectivity index (χ2v) is 7.25. The van der Waals surface area contributed by atoms with Gasteiger partial charge in [-0.3, -0.25) is 0 Å². The van der Waals surface area contributed by atoms with Gasteiger partial charge in [-0.15, -0.1) is 0 Å². The quantitative estimate of drug-likeness (QED) is 0.860. The number of hydrogen-bond acceptors (Lipinski definition) is 3. The van der Waals surface area contributed by atoms with Crippen LogP contribution in [0.15, 0.2) is 17.0 Å². The highest BCUT2D eigenvalue weighted by molar-refractivity contribution is 7.89. The van der Waals surface area contributed by atoms with Gasteiger partial charge in [-0.05, 0) is 37.1 Å². The number of benzene rings is 1. The Morgan fingerprint density at radius 1 is 1.14 bits per heavy atom. The molecule has 118 valence electrons. The van der Waals surface area contributed by atoms with Crippen LogP contribution in [0.5, 0.6) is 5.75 Å². The molecule has 4 nitrogen and oxygen atoms in total. The van der Waals surface area contributed by atoms with E-state index in [1.807, 2.05) is 6.92 Å². The van der Waals surface area contributed by atoms with E-state index in [4.69, 9.17) is 4.74 Å². The molecule has 1 aromatic rings. The largest absolute Gasteiger partial charge is 0.495 e. The average Bonchev–Trinajstić information content (AvgIpc) is 2.40. The Morgan fingerprint density at radius 2 is 1.67 bits per heavy atom. The minimum absolute atomic E-state index is 0.0401. The maximum atomic E-state index is 13.2. The van der Waals surface area contributed by atoms with Crippen molar-refractivity contribution in [2.75, 3.05) is 20.2 Å². The Bertz CT molecular complexity index is 634. The molecule has 0 bridgehead atoms. The van der Waals surface area contributed by atoms with Gasteiger partial charge in [0.1, 0.15) is 10.6 Å². The van der Waals surface area contributed by atoms with Crippen LogP contribution in [-0.2, 0) is 10.0 Å². The fourth-order valence-electron chi connectivity index (χ4n) is 2.32. The Hall–Kier alpha value is -1.21. The van der Waals surface area contributed by atoms with Crippen molar-refractivity contribution in [1.82, 2.24) is 4.31 Å². The molecule has 0 radical (unpaired) electrons. The number of alkyl halides is 2. The maximum absolute atomic E-state index is 13.2. The molecule has 2 rings (SSSR count). The van der Waals surface area contributed by atoms with Gasteiger partial charge in [0.25, 0.3) is 5.92 Å². The van der Waals surface area contributed by atoms with Crippen LogP contribution in [0.4, 0.5) is 8.78 Å². The average molecular weight is 319 g/mol. The number of hydrogen-bond donors (Lipinski definition) is 0. The number of aryl methyl sites for hydroxylation is 2. The summed E-state index contributed by atoms with van der Waals surface area (Å²) in [6.45, 7) is 3.31. The van der Waals surface area contributed by atoms with Crippen LogP contribution in [-0.4, -0.2) is 38.8 Å². The van der Waals surface area contributed by atoms with E-state index in [-0.39, 0.29) is 23.7 Å². The lowest BCUT2D eigenvalue weighted by atomic mass is 10.1. The highest BCUT2D eigenvalue weighted by Gasteiger charge is 2.39. The van der Waals surface area contributed by atoms with Crippen LogP contribution in [0.2, 0.25) is 0 Å². The predicted molar refractivity (Wildman–Crippen MR) is 75.4 cm³/mol. The van der Waals surface area contributed by atoms with Gasteiger partial charge in [0.2, 0.25) is 10.0 Å². The molecule has 0 spiro atoms. The lowest BCUT2D eigenvalue weighted by Gasteiger charge is -2.31. The zero-order chi connectivity index (χ0) is 15.8. The van der Waals surface area contributed by atoms with E-state index in [2.05, 4.69) is 0 Å². The normalized spacial score (nSPS) is 19.5. The summed E-state index contributed by atoms with van der Waals surface area (Å²) in [6.07, 6.45) is -0.890. The molecule has 0 amide bonds. The summed E-state index contributed by atoms with van der Waals surface area (Å²) in [5, 5.41) is 0. The highest BCUT2D eigenvalue weighted by Crippen LogP contribution is 2.34. The van der Waals surface area contributed by atoms with Crippen molar-refractivity contribution in [2.24, 2.45) is 0 Å². The summed E-state index contributed by atoms with van der Waals surface area (Å²) in [4.78, 5) is 0.0401. The number of piperidine rings is 1. The van der Waals surface area contributed by atoms with Crippen LogP contribution in [0, 0.1) is 13.8 Å². The number of nitrogens with zero attached hydrogens (tertiary/aromatic N) is 1. The molecule has 1 aromatic carbocycles. The van der Waals surface area contributed by atoms with Crippen molar-refractivity contribution >= 4 is 10.0 Å². The molecule has 0 aliphatic carbocycles. The van der Waals surface area contributed by atoms with Crippen molar-refractivity contribution in [3.8, 4) is 5.75 Å². The van der Waals surface area contributed by atoms with E-state index in [9.17, 15) is 17.2 Å². The second kappa shape index (κ2) is 5.53. The van der Waals surface area contributed by atoms with Crippen molar-refractivity contribution in [3.05, 3.63) is 23.3 Å². The van der Waals surface area contributed by atoms with Gasteiger partial charge in [-0.1, -0.05) is 0 Å². The van der Waals surface area contributed by atoms with E-state index in [1.54, 1.807) is 13.0 Å². The third-order valence-electron chi connectivity index (χ3n) is 3.85. The Balaban J connectivity index is 2.39. The zero-order valence-electron chi connectivity index (χ0n) is 12.3. The molecule has 0 atom stereocenters. The molecule has 21 heavy (non-hydrogen) atoms. The Kier molecular flexibility index (Phi) is 4.26. The van der Waals surface area contributed by atoms with Crippen molar-refractivity contribution < 1.29 is 21.9 Å². The van der Waals surface area contributed by atoms with E-state index >= 15 is 0 Å². The lowest BCUT2D eigenvalue weighted by Crippen LogP contribution is -2.42.